The molecule has 0 radical (unpaired) electrons. The summed E-state index contributed by atoms with van der Waals surface area (Å²) in [6.45, 7) is 4.05. The highest BCUT2D eigenvalue weighted by atomic mass is 32.2. The number of likely N-dealkylation sites (N-methyl/N-ethyl adjacent to an activating group) is 1. The summed E-state index contributed by atoms with van der Waals surface area (Å²) in [6.07, 6.45) is 0.359. The summed E-state index contributed by atoms with van der Waals surface area (Å²) in [7, 11) is -3.09. The number of carbonyl (C=O) groups is 2. The third-order valence-electron chi connectivity index (χ3n) is 3.64. The molecule has 1 N–H and O–H groups in total. The minimum atomic E-state index is -3.09. The van der Waals surface area contributed by atoms with Crippen molar-refractivity contribution < 1.29 is 18.0 Å². The number of carbonyl (C=O) groups excluding carboxylic acids is 2. The highest BCUT2D eigenvalue weighted by Crippen LogP contribution is 2.16. The fourth-order valence-corrected chi connectivity index (χ4v) is 4.19. The maximum atomic E-state index is 12.3. The molecule has 0 spiro atoms. The van der Waals surface area contributed by atoms with Gasteiger partial charge in [0.1, 0.15) is 0 Å². The number of hydrogen-bond donors (Lipinski definition) is 1. The van der Waals surface area contributed by atoms with Crippen molar-refractivity contribution >= 4 is 27.3 Å². The van der Waals surface area contributed by atoms with Crippen molar-refractivity contribution in [2.75, 3.05) is 23.0 Å². The summed E-state index contributed by atoms with van der Waals surface area (Å²) < 4.78 is 22.8. The largest absolute Gasteiger partial charge is 0.344 e. The van der Waals surface area contributed by atoms with E-state index in [1.807, 2.05) is 25.1 Å². The Morgan fingerprint density at radius 3 is 2.64 bits per heavy atom. The highest BCUT2D eigenvalue weighted by molar-refractivity contribution is 7.91. The average Bonchev–Trinajstić information content (AvgIpc) is 2.78. The van der Waals surface area contributed by atoms with Crippen molar-refractivity contribution in [3.05, 3.63) is 29.8 Å². The van der Waals surface area contributed by atoms with Crippen molar-refractivity contribution in [1.82, 2.24) is 5.32 Å². The van der Waals surface area contributed by atoms with E-state index < -0.39 is 27.7 Å². The molecule has 1 heterocycles. The molecule has 1 aromatic rings. The molecule has 7 heteroatoms. The zero-order valence-corrected chi connectivity index (χ0v) is 13.5. The summed E-state index contributed by atoms with van der Waals surface area (Å²) in [6, 6.07) is 6.85. The lowest BCUT2D eigenvalue weighted by Gasteiger charge is -2.21. The van der Waals surface area contributed by atoms with Crippen LogP contribution in [0.5, 0.6) is 0 Å². The Morgan fingerprint density at radius 2 is 2.09 bits per heavy atom. The van der Waals surface area contributed by atoms with Crippen LogP contribution in [0.1, 0.15) is 18.9 Å². The monoisotopic (exact) mass is 324 g/mol. The van der Waals surface area contributed by atoms with Gasteiger partial charge in [-0.3, -0.25) is 9.59 Å². The summed E-state index contributed by atoms with van der Waals surface area (Å²) in [4.78, 5) is 25.8. The first kappa shape index (κ1) is 16.5. The molecular formula is C15H20N2O4S. The lowest BCUT2D eigenvalue weighted by Crippen LogP contribution is -2.47. The molecule has 2 rings (SSSR count). The molecule has 1 saturated heterocycles. The standard InChI is InChI=1S/C15H20N2O4S/c1-3-17(13-6-4-5-11(2)9-13)15(19)14(18)16-12-7-8-22(20,21)10-12/h4-6,9,12H,3,7-8,10H2,1-2H3,(H,16,18). The van der Waals surface area contributed by atoms with Gasteiger partial charge in [-0.1, -0.05) is 12.1 Å². The maximum absolute atomic E-state index is 12.3. The Kier molecular flexibility index (Phi) is 4.85. The summed E-state index contributed by atoms with van der Waals surface area (Å²) in [5, 5.41) is 2.52. The van der Waals surface area contributed by atoms with Crippen LogP contribution in [0.25, 0.3) is 0 Å². The number of anilines is 1. The Balaban J connectivity index is 2.07. The average molecular weight is 324 g/mol. The second kappa shape index (κ2) is 6.48. The SMILES string of the molecule is CCN(C(=O)C(=O)NC1CCS(=O)(=O)C1)c1cccc(C)c1. The number of nitrogens with one attached hydrogen (secondary N) is 1. The van der Waals surface area contributed by atoms with E-state index in [1.54, 1.807) is 13.0 Å². The molecule has 0 bridgehead atoms. The number of benzene rings is 1. The molecular weight excluding hydrogens is 304 g/mol. The first-order valence-electron chi connectivity index (χ1n) is 7.22. The van der Waals surface area contributed by atoms with Gasteiger partial charge in [0.15, 0.2) is 9.84 Å². The molecule has 1 aromatic carbocycles. The van der Waals surface area contributed by atoms with E-state index in [-0.39, 0.29) is 11.5 Å². The van der Waals surface area contributed by atoms with E-state index in [1.165, 1.54) is 4.90 Å². The molecule has 1 aliphatic heterocycles. The van der Waals surface area contributed by atoms with Gasteiger partial charge < -0.3 is 10.2 Å². The number of amides is 2. The molecule has 1 unspecified atom stereocenters. The van der Waals surface area contributed by atoms with Gasteiger partial charge in [0.05, 0.1) is 11.5 Å². The molecule has 2 amide bonds. The molecule has 0 saturated carbocycles. The third kappa shape index (κ3) is 3.85. The van der Waals surface area contributed by atoms with Crippen LogP contribution < -0.4 is 10.2 Å². The Hall–Kier alpha value is -1.89. The second-order valence-corrected chi connectivity index (χ2v) is 7.69. The maximum Gasteiger partial charge on any atom is 0.316 e. The molecule has 1 aliphatic rings. The number of aryl methyl sites for hydroxylation is 1. The fourth-order valence-electron chi connectivity index (χ4n) is 2.52. The van der Waals surface area contributed by atoms with Crippen LogP contribution in [0.15, 0.2) is 24.3 Å². The van der Waals surface area contributed by atoms with Gasteiger partial charge in [0.25, 0.3) is 0 Å². The molecule has 22 heavy (non-hydrogen) atoms. The summed E-state index contributed by atoms with van der Waals surface area (Å²) in [5.74, 6) is -1.47. The number of hydrogen-bond acceptors (Lipinski definition) is 4. The second-order valence-electron chi connectivity index (χ2n) is 5.46. The molecule has 0 aliphatic carbocycles. The zero-order chi connectivity index (χ0) is 16.3. The molecule has 1 fully saturated rings. The number of sulfone groups is 1. The summed E-state index contributed by atoms with van der Waals surface area (Å²) in [5.41, 5.74) is 1.65. The van der Waals surface area contributed by atoms with E-state index in [4.69, 9.17) is 0 Å². The van der Waals surface area contributed by atoms with Gasteiger partial charge in [-0.2, -0.15) is 0 Å². The third-order valence-corrected chi connectivity index (χ3v) is 5.40. The van der Waals surface area contributed by atoms with Crippen LogP contribution in [0.2, 0.25) is 0 Å². The van der Waals surface area contributed by atoms with Crippen LogP contribution in [0.4, 0.5) is 5.69 Å². The van der Waals surface area contributed by atoms with Crippen LogP contribution in [-0.2, 0) is 19.4 Å². The van der Waals surface area contributed by atoms with Crippen molar-refractivity contribution in [2.24, 2.45) is 0 Å². The number of nitrogens with zero attached hydrogens (tertiary/aromatic N) is 1. The predicted molar refractivity (Wildman–Crippen MR) is 84.4 cm³/mol. The lowest BCUT2D eigenvalue weighted by molar-refractivity contribution is -0.137. The van der Waals surface area contributed by atoms with Gasteiger partial charge in [-0.15, -0.1) is 0 Å². The van der Waals surface area contributed by atoms with Crippen LogP contribution in [0, 0.1) is 6.92 Å². The normalized spacial score (nSPS) is 19.6. The van der Waals surface area contributed by atoms with Gasteiger partial charge in [-0.25, -0.2) is 8.42 Å². The fraction of sp³-hybridized carbons (Fsp3) is 0.467. The zero-order valence-electron chi connectivity index (χ0n) is 12.7. The van der Waals surface area contributed by atoms with Crippen molar-refractivity contribution in [3.8, 4) is 0 Å². The predicted octanol–water partition coefficient (Wildman–Crippen LogP) is 0.651. The van der Waals surface area contributed by atoms with E-state index in [2.05, 4.69) is 5.32 Å². The summed E-state index contributed by atoms with van der Waals surface area (Å²) >= 11 is 0. The Morgan fingerprint density at radius 1 is 1.36 bits per heavy atom. The Labute approximate surface area is 130 Å². The molecule has 0 aromatic heterocycles. The van der Waals surface area contributed by atoms with Gasteiger partial charge >= 0.3 is 11.8 Å². The molecule has 1 atom stereocenters. The van der Waals surface area contributed by atoms with E-state index in [9.17, 15) is 18.0 Å². The first-order chi connectivity index (χ1) is 10.3. The van der Waals surface area contributed by atoms with Crippen LogP contribution >= 0.6 is 0 Å². The van der Waals surface area contributed by atoms with Crippen molar-refractivity contribution in [2.45, 2.75) is 26.3 Å². The minimum Gasteiger partial charge on any atom is -0.344 e. The topological polar surface area (TPSA) is 83.6 Å². The van der Waals surface area contributed by atoms with E-state index >= 15 is 0 Å². The molecule has 120 valence electrons. The van der Waals surface area contributed by atoms with Crippen molar-refractivity contribution in [1.29, 1.82) is 0 Å². The van der Waals surface area contributed by atoms with Gasteiger partial charge in [0, 0.05) is 18.3 Å². The highest BCUT2D eigenvalue weighted by Gasteiger charge is 2.31. The minimum absolute atomic E-state index is 0.0571. The smallest absolute Gasteiger partial charge is 0.316 e. The molecule has 6 nitrogen and oxygen atoms in total. The van der Waals surface area contributed by atoms with E-state index in [0.29, 0.717) is 18.7 Å². The van der Waals surface area contributed by atoms with Crippen molar-refractivity contribution in [3.63, 3.8) is 0 Å². The quantitative estimate of drug-likeness (QED) is 0.828. The Bertz CT molecular complexity index is 685. The lowest BCUT2D eigenvalue weighted by atomic mass is 10.2. The number of rotatable bonds is 3. The first-order valence-corrected chi connectivity index (χ1v) is 9.04. The van der Waals surface area contributed by atoms with E-state index in [0.717, 1.165) is 5.56 Å². The van der Waals surface area contributed by atoms with Gasteiger partial charge in [0.2, 0.25) is 0 Å². The van der Waals surface area contributed by atoms with Gasteiger partial charge in [-0.05, 0) is 38.0 Å². The van der Waals surface area contributed by atoms with Crippen LogP contribution in [0.3, 0.4) is 0 Å². The van der Waals surface area contributed by atoms with Crippen LogP contribution in [-0.4, -0.2) is 44.3 Å².